The molecule has 0 fully saturated rings. The molecule has 2 aromatic carbocycles. The standard InChI is InChI=1S/C18H21ClN2O2/c1-2-3-18(23)21-15-8-9-16(19)17(10-15)20-11-13-4-6-14(12-22)7-5-13/h4-10,20,22H,2-3,11-12H2,1H3,(H,21,23). The SMILES string of the molecule is CCCC(=O)Nc1ccc(Cl)c(NCc2ccc(CO)cc2)c1. The minimum Gasteiger partial charge on any atom is -0.392 e. The summed E-state index contributed by atoms with van der Waals surface area (Å²) in [4.78, 5) is 11.7. The number of hydrogen-bond donors (Lipinski definition) is 3. The van der Waals surface area contributed by atoms with Gasteiger partial charge in [0.05, 0.1) is 17.3 Å². The van der Waals surface area contributed by atoms with Crippen molar-refractivity contribution < 1.29 is 9.90 Å². The maximum atomic E-state index is 11.7. The second-order valence-corrected chi connectivity index (χ2v) is 5.73. The summed E-state index contributed by atoms with van der Waals surface area (Å²) < 4.78 is 0. The van der Waals surface area contributed by atoms with E-state index in [2.05, 4.69) is 10.6 Å². The molecule has 5 heteroatoms. The molecule has 0 bridgehead atoms. The summed E-state index contributed by atoms with van der Waals surface area (Å²) in [5, 5.41) is 15.8. The highest BCUT2D eigenvalue weighted by molar-refractivity contribution is 6.33. The van der Waals surface area contributed by atoms with E-state index in [9.17, 15) is 4.79 Å². The van der Waals surface area contributed by atoms with Crippen LogP contribution in [-0.2, 0) is 17.9 Å². The minimum absolute atomic E-state index is 0.000338. The van der Waals surface area contributed by atoms with Gasteiger partial charge in [-0.3, -0.25) is 4.79 Å². The summed E-state index contributed by atoms with van der Waals surface area (Å²) in [5.41, 5.74) is 3.46. The molecule has 23 heavy (non-hydrogen) atoms. The first-order valence-corrected chi connectivity index (χ1v) is 8.02. The van der Waals surface area contributed by atoms with Crippen LogP contribution in [0.4, 0.5) is 11.4 Å². The molecule has 0 atom stereocenters. The number of halogens is 1. The van der Waals surface area contributed by atoms with Crippen molar-refractivity contribution in [3.8, 4) is 0 Å². The highest BCUT2D eigenvalue weighted by Crippen LogP contribution is 2.26. The van der Waals surface area contributed by atoms with Crippen LogP contribution in [0.15, 0.2) is 42.5 Å². The first-order chi connectivity index (χ1) is 11.1. The van der Waals surface area contributed by atoms with E-state index in [-0.39, 0.29) is 12.5 Å². The van der Waals surface area contributed by atoms with E-state index < -0.39 is 0 Å². The molecular weight excluding hydrogens is 312 g/mol. The number of carbonyl (C=O) groups excluding carboxylic acids is 1. The molecule has 0 aliphatic heterocycles. The summed E-state index contributed by atoms with van der Waals surface area (Å²) in [6.45, 7) is 2.62. The average molecular weight is 333 g/mol. The Balaban J connectivity index is 2.01. The number of anilines is 2. The van der Waals surface area contributed by atoms with E-state index in [0.717, 1.165) is 28.9 Å². The summed E-state index contributed by atoms with van der Waals surface area (Å²) >= 11 is 6.20. The van der Waals surface area contributed by atoms with Crippen LogP contribution >= 0.6 is 11.6 Å². The number of aliphatic hydroxyl groups excluding tert-OH is 1. The molecule has 4 nitrogen and oxygen atoms in total. The zero-order chi connectivity index (χ0) is 16.7. The van der Waals surface area contributed by atoms with Crippen LogP contribution in [0, 0.1) is 0 Å². The van der Waals surface area contributed by atoms with Gasteiger partial charge in [-0.05, 0) is 35.7 Å². The van der Waals surface area contributed by atoms with Crippen molar-refractivity contribution in [1.82, 2.24) is 0 Å². The number of nitrogens with one attached hydrogen (secondary N) is 2. The molecule has 0 radical (unpaired) electrons. The highest BCUT2D eigenvalue weighted by Gasteiger charge is 2.05. The summed E-state index contributed by atoms with van der Waals surface area (Å²) in [6.07, 6.45) is 1.32. The molecule has 0 aliphatic carbocycles. The van der Waals surface area contributed by atoms with Gasteiger partial charge in [-0.15, -0.1) is 0 Å². The maximum Gasteiger partial charge on any atom is 0.224 e. The number of benzene rings is 2. The van der Waals surface area contributed by atoms with Crippen LogP contribution in [0.3, 0.4) is 0 Å². The van der Waals surface area contributed by atoms with E-state index in [4.69, 9.17) is 16.7 Å². The van der Waals surface area contributed by atoms with E-state index in [1.807, 2.05) is 37.3 Å². The van der Waals surface area contributed by atoms with Crippen molar-refractivity contribution in [3.05, 3.63) is 58.6 Å². The Morgan fingerprint density at radius 2 is 1.83 bits per heavy atom. The first kappa shape index (κ1) is 17.3. The van der Waals surface area contributed by atoms with Crippen molar-refractivity contribution in [1.29, 1.82) is 0 Å². The number of hydrogen-bond acceptors (Lipinski definition) is 3. The lowest BCUT2D eigenvalue weighted by Gasteiger charge is -2.12. The van der Waals surface area contributed by atoms with Crippen molar-refractivity contribution >= 4 is 28.9 Å². The third kappa shape index (κ3) is 5.27. The normalized spacial score (nSPS) is 10.4. The molecule has 2 aromatic rings. The Kier molecular flexibility index (Phi) is 6.44. The molecule has 2 rings (SSSR count). The quantitative estimate of drug-likeness (QED) is 0.712. The molecule has 122 valence electrons. The van der Waals surface area contributed by atoms with Crippen LogP contribution in [0.5, 0.6) is 0 Å². The van der Waals surface area contributed by atoms with Gasteiger partial charge >= 0.3 is 0 Å². The van der Waals surface area contributed by atoms with Gasteiger partial charge in [0.2, 0.25) is 5.91 Å². The maximum absolute atomic E-state index is 11.7. The van der Waals surface area contributed by atoms with E-state index in [0.29, 0.717) is 18.0 Å². The highest BCUT2D eigenvalue weighted by atomic mass is 35.5. The summed E-state index contributed by atoms with van der Waals surface area (Å²) in [6, 6.07) is 13.1. The predicted octanol–water partition coefficient (Wildman–Crippen LogP) is 4.18. The minimum atomic E-state index is 0.000338. The zero-order valence-electron chi connectivity index (χ0n) is 13.1. The molecule has 0 saturated carbocycles. The Hall–Kier alpha value is -2.04. The molecular formula is C18H21ClN2O2. The van der Waals surface area contributed by atoms with Gasteiger partial charge < -0.3 is 15.7 Å². The van der Waals surface area contributed by atoms with E-state index in [1.54, 1.807) is 12.1 Å². The van der Waals surface area contributed by atoms with Crippen LogP contribution < -0.4 is 10.6 Å². The van der Waals surface area contributed by atoms with Crippen molar-refractivity contribution in [3.63, 3.8) is 0 Å². The molecule has 3 N–H and O–H groups in total. The molecule has 0 unspecified atom stereocenters. The summed E-state index contributed by atoms with van der Waals surface area (Å²) in [7, 11) is 0. The van der Waals surface area contributed by atoms with Gasteiger partial charge in [-0.2, -0.15) is 0 Å². The fraction of sp³-hybridized carbons (Fsp3) is 0.278. The second kappa shape index (κ2) is 8.56. The van der Waals surface area contributed by atoms with Crippen molar-refractivity contribution in [2.24, 2.45) is 0 Å². The number of amides is 1. The number of rotatable bonds is 7. The largest absolute Gasteiger partial charge is 0.392 e. The molecule has 0 spiro atoms. The lowest BCUT2D eigenvalue weighted by Crippen LogP contribution is -2.11. The van der Waals surface area contributed by atoms with E-state index in [1.165, 1.54) is 0 Å². The molecule has 0 heterocycles. The number of aliphatic hydroxyl groups is 1. The average Bonchev–Trinajstić information content (AvgIpc) is 2.56. The molecule has 0 saturated heterocycles. The van der Waals surface area contributed by atoms with Gasteiger partial charge in [0.25, 0.3) is 0 Å². The monoisotopic (exact) mass is 332 g/mol. The van der Waals surface area contributed by atoms with Gasteiger partial charge in [0.1, 0.15) is 0 Å². The molecule has 0 aliphatic rings. The molecule has 1 amide bonds. The third-order valence-electron chi connectivity index (χ3n) is 3.42. The third-order valence-corrected chi connectivity index (χ3v) is 3.75. The zero-order valence-corrected chi connectivity index (χ0v) is 13.9. The van der Waals surface area contributed by atoms with Gasteiger partial charge in [-0.25, -0.2) is 0 Å². The number of carbonyl (C=O) groups is 1. The Morgan fingerprint density at radius 1 is 1.13 bits per heavy atom. The van der Waals surface area contributed by atoms with Crippen LogP contribution in [0.25, 0.3) is 0 Å². The Bertz CT molecular complexity index is 657. The topological polar surface area (TPSA) is 61.4 Å². The van der Waals surface area contributed by atoms with Crippen LogP contribution in [0.1, 0.15) is 30.9 Å². The van der Waals surface area contributed by atoms with Crippen LogP contribution in [0.2, 0.25) is 5.02 Å². The van der Waals surface area contributed by atoms with E-state index >= 15 is 0 Å². The van der Waals surface area contributed by atoms with Crippen molar-refractivity contribution in [2.45, 2.75) is 32.9 Å². The predicted molar refractivity (Wildman–Crippen MR) is 94.7 cm³/mol. The summed E-state index contributed by atoms with van der Waals surface area (Å²) in [5.74, 6) is 0.000338. The van der Waals surface area contributed by atoms with Gasteiger partial charge in [0.15, 0.2) is 0 Å². The fourth-order valence-corrected chi connectivity index (χ4v) is 2.33. The fourth-order valence-electron chi connectivity index (χ4n) is 2.15. The van der Waals surface area contributed by atoms with Crippen molar-refractivity contribution in [2.75, 3.05) is 10.6 Å². The Morgan fingerprint density at radius 3 is 2.48 bits per heavy atom. The molecule has 0 aromatic heterocycles. The lowest BCUT2D eigenvalue weighted by molar-refractivity contribution is -0.116. The van der Waals surface area contributed by atoms with Gasteiger partial charge in [0, 0.05) is 18.7 Å². The first-order valence-electron chi connectivity index (χ1n) is 7.64. The van der Waals surface area contributed by atoms with Crippen LogP contribution in [-0.4, -0.2) is 11.0 Å². The lowest BCUT2D eigenvalue weighted by atomic mass is 10.1. The van der Waals surface area contributed by atoms with Gasteiger partial charge in [-0.1, -0.05) is 42.8 Å². The second-order valence-electron chi connectivity index (χ2n) is 5.32. The Labute approximate surface area is 141 Å². The smallest absolute Gasteiger partial charge is 0.224 e.